The van der Waals surface area contributed by atoms with Gasteiger partial charge in [-0.1, -0.05) is 30.3 Å². The van der Waals surface area contributed by atoms with E-state index < -0.39 is 0 Å². The van der Waals surface area contributed by atoms with Gasteiger partial charge in [0.25, 0.3) is 0 Å². The standard InChI is InChI=1S/C25H30N2/c1-16(2)26-15-25(10-11-25)21-9-8-18(13-24(21)26)12-17(3)27-22-7-5-4-6-19(22)20-14-23(20)27/h4-9,13,16-17,20,23H,10-12,14-15H2,1-3H3/t17?,20?,23-/m1/s1. The molecule has 1 spiro atoms. The van der Waals surface area contributed by atoms with Gasteiger partial charge >= 0.3 is 0 Å². The number of para-hydroxylation sites is 1. The minimum atomic E-state index is 0.499. The summed E-state index contributed by atoms with van der Waals surface area (Å²) >= 11 is 0. The van der Waals surface area contributed by atoms with E-state index in [-0.39, 0.29) is 0 Å². The highest BCUT2D eigenvalue weighted by atomic mass is 15.3. The number of fused-ring (bicyclic) bond motifs is 5. The SMILES string of the molecule is CC(C)N1CC2(CC2)c2ccc(CC(C)N3c4ccccc4C4C[C@H]43)cc21. The van der Waals surface area contributed by atoms with Gasteiger partial charge in [-0.25, -0.2) is 0 Å². The third kappa shape index (κ3) is 2.25. The zero-order valence-corrected chi connectivity index (χ0v) is 16.8. The second-order valence-corrected chi connectivity index (χ2v) is 9.78. The second kappa shape index (κ2) is 5.31. The van der Waals surface area contributed by atoms with Crippen LogP contribution in [-0.2, 0) is 11.8 Å². The first kappa shape index (κ1) is 16.0. The van der Waals surface area contributed by atoms with Gasteiger partial charge in [0, 0.05) is 47.4 Å². The molecule has 2 heterocycles. The summed E-state index contributed by atoms with van der Waals surface area (Å²) in [7, 11) is 0. The third-order valence-electron chi connectivity index (χ3n) is 7.63. The first-order chi connectivity index (χ1) is 13.1. The average molecular weight is 359 g/mol. The van der Waals surface area contributed by atoms with Gasteiger partial charge in [0.15, 0.2) is 0 Å². The summed E-state index contributed by atoms with van der Waals surface area (Å²) in [5.41, 5.74) is 8.24. The summed E-state index contributed by atoms with van der Waals surface area (Å²) in [5.74, 6) is 0.801. The molecule has 3 atom stereocenters. The van der Waals surface area contributed by atoms with E-state index in [4.69, 9.17) is 0 Å². The number of anilines is 2. The molecule has 140 valence electrons. The maximum Gasteiger partial charge on any atom is 0.0410 e. The van der Waals surface area contributed by atoms with E-state index in [1.54, 1.807) is 11.1 Å². The molecule has 0 aromatic heterocycles. The van der Waals surface area contributed by atoms with Crippen LogP contribution in [0.2, 0.25) is 0 Å². The van der Waals surface area contributed by atoms with Crippen LogP contribution in [0.4, 0.5) is 11.4 Å². The predicted octanol–water partition coefficient (Wildman–Crippen LogP) is 5.25. The second-order valence-electron chi connectivity index (χ2n) is 9.78. The van der Waals surface area contributed by atoms with E-state index in [9.17, 15) is 0 Å². The highest BCUT2D eigenvalue weighted by molar-refractivity contribution is 5.68. The minimum Gasteiger partial charge on any atom is -0.368 e. The monoisotopic (exact) mass is 358 g/mol. The molecule has 4 aliphatic rings. The Morgan fingerprint density at radius 1 is 1.04 bits per heavy atom. The van der Waals surface area contributed by atoms with Crippen LogP contribution in [0.5, 0.6) is 0 Å². The van der Waals surface area contributed by atoms with E-state index in [0.29, 0.717) is 17.5 Å². The van der Waals surface area contributed by atoms with Crippen LogP contribution in [0.25, 0.3) is 0 Å². The van der Waals surface area contributed by atoms with Crippen LogP contribution in [0.3, 0.4) is 0 Å². The van der Waals surface area contributed by atoms with E-state index >= 15 is 0 Å². The van der Waals surface area contributed by atoms with Crippen LogP contribution in [0.15, 0.2) is 42.5 Å². The Bertz CT molecular complexity index is 910. The molecule has 2 fully saturated rings. The molecule has 0 saturated heterocycles. The fraction of sp³-hybridized carbons (Fsp3) is 0.520. The maximum atomic E-state index is 2.72. The van der Waals surface area contributed by atoms with Crippen molar-refractivity contribution in [2.75, 3.05) is 16.3 Å². The fourth-order valence-electron chi connectivity index (χ4n) is 5.97. The lowest BCUT2D eigenvalue weighted by molar-refractivity contribution is 0.633. The van der Waals surface area contributed by atoms with E-state index in [2.05, 4.69) is 73.0 Å². The van der Waals surface area contributed by atoms with Crippen LogP contribution < -0.4 is 9.80 Å². The Morgan fingerprint density at radius 3 is 2.63 bits per heavy atom. The van der Waals surface area contributed by atoms with Crippen molar-refractivity contribution < 1.29 is 0 Å². The van der Waals surface area contributed by atoms with E-state index in [1.165, 1.54) is 42.7 Å². The zero-order chi connectivity index (χ0) is 18.3. The molecule has 2 aliphatic carbocycles. The summed E-state index contributed by atoms with van der Waals surface area (Å²) in [6.45, 7) is 8.35. The van der Waals surface area contributed by atoms with Gasteiger partial charge in [-0.05, 0) is 75.3 Å². The lowest BCUT2D eigenvalue weighted by Gasteiger charge is -2.30. The molecule has 2 heteroatoms. The van der Waals surface area contributed by atoms with Crippen LogP contribution in [-0.4, -0.2) is 24.7 Å². The molecule has 0 bridgehead atoms. The fourth-order valence-corrected chi connectivity index (χ4v) is 5.97. The molecular weight excluding hydrogens is 328 g/mol. The van der Waals surface area contributed by atoms with Crippen molar-refractivity contribution >= 4 is 11.4 Å². The van der Waals surface area contributed by atoms with Crippen molar-refractivity contribution in [1.82, 2.24) is 0 Å². The van der Waals surface area contributed by atoms with Crippen LogP contribution >= 0.6 is 0 Å². The number of benzene rings is 2. The molecule has 0 N–H and O–H groups in total. The summed E-state index contributed by atoms with van der Waals surface area (Å²) < 4.78 is 0. The number of hydrogen-bond acceptors (Lipinski definition) is 2. The Labute approximate surface area is 163 Å². The van der Waals surface area contributed by atoms with Gasteiger partial charge in [-0.15, -0.1) is 0 Å². The number of nitrogens with zero attached hydrogens (tertiary/aromatic N) is 2. The van der Waals surface area contributed by atoms with Gasteiger partial charge in [0.2, 0.25) is 0 Å². The molecule has 2 aromatic rings. The first-order valence-electron chi connectivity index (χ1n) is 10.8. The highest BCUT2D eigenvalue weighted by Crippen LogP contribution is 2.58. The highest BCUT2D eigenvalue weighted by Gasteiger charge is 2.53. The average Bonchev–Trinajstić information content (AvgIpc) is 3.55. The summed E-state index contributed by atoms with van der Waals surface area (Å²) in [6.07, 6.45) is 5.26. The molecule has 2 aromatic carbocycles. The minimum absolute atomic E-state index is 0.499. The molecule has 27 heavy (non-hydrogen) atoms. The molecule has 2 nitrogen and oxygen atoms in total. The quantitative estimate of drug-likeness (QED) is 0.736. The smallest absolute Gasteiger partial charge is 0.0410 e. The topological polar surface area (TPSA) is 6.48 Å². The lowest BCUT2D eigenvalue weighted by atomic mass is 9.95. The van der Waals surface area contributed by atoms with Crippen molar-refractivity contribution in [3.63, 3.8) is 0 Å². The van der Waals surface area contributed by atoms with Crippen LogP contribution in [0.1, 0.15) is 62.6 Å². The molecule has 0 amide bonds. The van der Waals surface area contributed by atoms with Gasteiger partial charge in [0.1, 0.15) is 0 Å². The Kier molecular flexibility index (Phi) is 3.15. The van der Waals surface area contributed by atoms with Crippen molar-refractivity contribution in [3.05, 3.63) is 59.2 Å². The maximum absolute atomic E-state index is 2.72. The number of hydrogen-bond donors (Lipinski definition) is 0. The predicted molar refractivity (Wildman–Crippen MR) is 113 cm³/mol. The van der Waals surface area contributed by atoms with Crippen molar-refractivity contribution in [2.24, 2.45) is 0 Å². The molecule has 2 saturated carbocycles. The summed E-state index contributed by atoms with van der Waals surface area (Å²) in [4.78, 5) is 5.37. The van der Waals surface area contributed by atoms with Gasteiger partial charge in [-0.2, -0.15) is 0 Å². The zero-order valence-electron chi connectivity index (χ0n) is 16.8. The normalized spacial score (nSPS) is 27.0. The largest absolute Gasteiger partial charge is 0.368 e. The molecule has 2 aliphatic heterocycles. The summed E-state index contributed by atoms with van der Waals surface area (Å²) in [5, 5.41) is 0. The lowest BCUT2D eigenvalue weighted by Crippen LogP contribution is -2.35. The molecule has 2 unspecified atom stereocenters. The molecule has 0 radical (unpaired) electrons. The Hall–Kier alpha value is -1.96. The van der Waals surface area contributed by atoms with Gasteiger partial charge < -0.3 is 9.80 Å². The van der Waals surface area contributed by atoms with Gasteiger partial charge in [-0.3, -0.25) is 0 Å². The first-order valence-corrected chi connectivity index (χ1v) is 10.8. The molecule has 6 rings (SSSR count). The van der Waals surface area contributed by atoms with Crippen molar-refractivity contribution in [1.29, 1.82) is 0 Å². The Morgan fingerprint density at radius 2 is 1.85 bits per heavy atom. The Balaban J connectivity index is 1.29. The molecular formula is C25H30N2. The van der Waals surface area contributed by atoms with Gasteiger partial charge in [0.05, 0.1) is 0 Å². The van der Waals surface area contributed by atoms with E-state index in [0.717, 1.165) is 18.4 Å². The van der Waals surface area contributed by atoms with Crippen LogP contribution in [0, 0.1) is 0 Å². The number of rotatable bonds is 4. The van der Waals surface area contributed by atoms with Crippen molar-refractivity contribution in [3.8, 4) is 0 Å². The van der Waals surface area contributed by atoms with Crippen molar-refractivity contribution in [2.45, 2.75) is 75.9 Å². The van der Waals surface area contributed by atoms with E-state index in [1.807, 2.05) is 0 Å². The third-order valence-corrected chi connectivity index (χ3v) is 7.63. The summed E-state index contributed by atoms with van der Waals surface area (Å²) in [6, 6.07) is 18.4.